The molecule has 0 fully saturated rings. The SMILES string of the molecule is Ic1ccc2c(c1)C(C1=CCCC=C1)(C1=CCCC=C1)c1ccccc1-2. The monoisotopic (exact) mass is 448 g/mol. The predicted molar refractivity (Wildman–Crippen MR) is 118 cm³/mol. The highest BCUT2D eigenvalue weighted by Gasteiger charge is 2.47. The molecule has 2 aromatic carbocycles. The van der Waals surface area contributed by atoms with Gasteiger partial charge in [-0.1, -0.05) is 66.8 Å². The molecule has 0 spiro atoms. The van der Waals surface area contributed by atoms with E-state index in [9.17, 15) is 0 Å². The summed E-state index contributed by atoms with van der Waals surface area (Å²) >= 11 is 2.46. The highest BCUT2D eigenvalue weighted by molar-refractivity contribution is 14.1. The summed E-state index contributed by atoms with van der Waals surface area (Å²) in [5, 5.41) is 0. The van der Waals surface area contributed by atoms with Crippen LogP contribution in [0, 0.1) is 3.57 Å². The van der Waals surface area contributed by atoms with E-state index in [0.717, 1.165) is 25.7 Å². The summed E-state index contributed by atoms with van der Waals surface area (Å²) in [5.74, 6) is 0. The second-order valence-electron chi connectivity index (χ2n) is 7.26. The van der Waals surface area contributed by atoms with Gasteiger partial charge in [0, 0.05) is 3.57 Å². The molecule has 0 saturated carbocycles. The normalized spacial score (nSPS) is 19.6. The van der Waals surface area contributed by atoms with Gasteiger partial charge in [-0.2, -0.15) is 0 Å². The molecule has 0 nitrogen and oxygen atoms in total. The van der Waals surface area contributed by atoms with Crippen LogP contribution in [0.5, 0.6) is 0 Å². The van der Waals surface area contributed by atoms with E-state index in [1.54, 1.807) is 0 Å². The molecule has 0 atom stereocenters. The molecule has 2 aromatic rings. The minimum Gasteiger partial charge on any atom is -0.0839 e. The fraction of sp³-hybridized carbons (Fsp3) is 0.200. The number of allylic oxidation sites excluding steroid dienone is 8. The van der Waals surface area contributed by atoms with Crippen LogP contribution >= 0.6 is 22.6 Å². The molecule has 3 aliphatic rings. The number of rotatable bonds is 2. The maximum Gasteiger partial charge on any atom is 0.0707 e. The third-order valence-electron chi connectivity index (χ3n) is 5.86. The van der Waals surface area contributed by atoms with E-state index in [0.29, 0.717) is 0 Å². The molecule has 128 valence electrons. The minimum absolute atomic E-state index is 0.166. The molecule has 0 heterocycles. The van der Waals surface area contributed by atoms with Crippen molar-refractivity contribution in [1.82, 2.24) is 0 Å². The van der Waals surface area contributed by atoms with Gasteiger partial charge in [-0.05, 0) is 93.8 Å². The average Bonchev–Trinajstić information content (AvgIpc) is 3.00. The molecular weight excluding hydrogens is 427 g/mol. The van der Waals surface area contributed by atoms with Gasteiger partial charge in [0.1, 0.15) is 0 Å². The van der Waals surface area contributed by atoms with Crippen molar-refractivity contribution in [2.75, 3.05) is 0 Å². The van der Waals surface area contributed by atoms with Gasteiger partial charge in [-0.15, -0.1) is 0 Å². The van der Waals surface area contributed by atoms with Crippen molar-refractivity contribution in [3.8, 4) is 11.1 Å². The summed E-state index contributed by atoms with van der Waals surface area (Å²) < 4.78 is 1.30. The molecule has 1 heteroatoms. The molecular formula is C25H21I. The van der Waals surface area contributed by atoms with Crippen LogP contribution in [0.1, 0.15) is 36.8 Å². The Labute approximate surface area is 169 Å². The maximum absolute atomic E-state index is 2.47. The van der Waals surface area contributed by atoms with Crippen LogP contribution in [0.25, 0.3) is 11.1 Å². The molecule has 0 bridgehead atoms. The largest absolute Gasteiger partial charge is 0.0839 e. The van der Waals surface area contributed by atoms with Crippen LogP contribution in [0.15, 0.2) is 90.1 Å². The predicted octanol–water partition coefficient (Wildman–Crippen LogP) is 7.11. The molecule has 0 amide bonds. The first kappa shape index (κ1) is 16.3. The first-order valence-electron chi connectivity index (χ1n) is 9.46. The van der Waals surface area contributed by atoms with Gasteiger partial charge in [0.2, 0.25) is 0 Å². The summed E-state index contributed by atoms with van der Waals surface area (Å²) in [6, 6.07) is 16.0. The van der Waals surface area contributed by atoms with Crippen LogP contribution in [0.2, 0.25) is 0 Å². The van der Waals surface area contributed by atoms with Crippen LogP contribution in [-0.4, -0.2) is 0 Å². The highest BCUT2D eigenvalue weighted by Crippen LogP contribution is 2.58. The second kappa shape index (κ2) is 6.38. The molecule has 0 unspecified atom stereocenters. The lowest BCUT2D eigenvalue weighted by Gasteiger charge is -2.37. The number of hydrogen-bond donors (Lipinski definition) is 0. The number of fused-ring (bicyclic) bond motifs is 3. The lowest BCUT2D eigenvalue weighted by molar-refractivity contribution is 0.736. The molecule has 26 heavy (non-hydrogen) atoms. The van der Waals surface area contributed by atoms with Crippen molar-refractivity contribution >= 4 is 22.6 Å². The summed E-state index contributed by atoms with van der Waals surface area (Å²) in [5.41, 5.74) is 8.37. The summed E-state index contributed by atoms with van der Waals surface area (Å²) in [7, 11) is 0. The van der Waals surface area contributed by atoms with Crippen molar-refractivity contribution in [2.45, 2.75) is 31.1 Å². The quantitative estimate of drug-likeness (QED) is 0.430. The van der Waals surface area contributed by atoms with Crippen LogP contribution in [0.4, 0.5) is 0 Å². The Morgan fingerprint density at radius 3 is 2.00 bits per heavy atom. The highest BCUT2D eigenvalue weighted by atomic mass is 127. The third kappa shape index (κ3) is 2.26. The summed E-state index contributed by atoms with van der Waals surface area (Å²) in [6.07, 6.45) is 18.9. The minimum atomic E-state index is -0.166. The van der Waals surface area contributed by atoms with Crippen molar-refractivity contribution < 1.29 is 0 Å². The average molecular weight is 448 g/mol. The fourth-order valence-electron chi connectivity index (χ4n) is 4.82. The van der Waals surface area contributed by atoms with Gasteiger partial charge in [-0.3, -0.25) is 0 Å². The standard InChI is InChI=1S/C25H21I/c26-20-15-16-22-21-13-7-8-14-23(21)25(24(22)17-20,18-9-3-1-4-10-18)19-11-5-2-6-12-19/h3,5,7-17H,1-2,4,6H2. The number of hydrogen-bond acceptors (Lipinski definition) is 0. The summed E-state index contributed by atoms with van der Waals surface area (Å²) in [4.78, 5) is 0. The van der Waals surface area contributed by atoms with Gasteiger partial charge in [-0.25, -0.2) is 0 Å². The first-order chi connectivity index (χ1) is 12.8. The molecule has 5 rings (SSSR count). The van der Waals surface area contributed by atoms with E-state index in [1.807, 2.05) is 0 Å². The van der Waals surface area contributed by atoms with E-state index >= 15 is 0 Å². The lowest BCUT2D eigenvalue weighted by atomic mass is 9.65. The van der Waals surface area contributed by atoms with Gasteiger partial charge in [0.15, 0.2) is 0 Å². The van der Waals surface area contributed by atoms with Gasteiger partial charge < -0.3 is 0 Å². The zero-order chi connectivity index (χ0) is 17.6. The maximum atomic E-state index is 2.47. The Morgan fingerprint density at radius 1 is 0.692 bits per heavy atom. The molecule has 3 aliphatic carbocycles. The van der Waals surface area contributed by atoms with Crippen molar-refractivity contribution in [3.63, 3.8) is 0 Å². The number of benzene rings is 2. The van der Waals surface area contributed by atoms with Gasteiger partial charge in [0.25, 0.3) is 0 Å². The van der Waals surface area contributed by atoms with E-state index in [-0.39, 0.29) is 5.41 Å². The molecule has 0 saturated heterocycles. The van der Waals surface area contributed by atoms with Crippen LogP contribution < -0.4 is 0 Å². The first-order valence-corrected chi connectivity index (χ1v) is 10.5. The zero-order valence-corrected chi connectivity index (χ0v) is 16.9. The summed E-state index contributed by atoms with van der Waals surface area (Å²) in [6.45, 7) is 0. The Kier molecular flexibility index (Phi) is 4.00. The van der Waals surface area contributed by atoms with Crippen LogP contribution in [-0.2, 0) is 5.41 Å². The van der Waals surface area contributed by atoms with Crippen molar-refractivity contribution in [1.29, 1.82) is 0 Å². The Hall–Kier alpha value is -1.87. The van der Waals surface area contributed by atoms with Crippen molar-refractivity contribution in [3.05, 3.63) is 105 Å². The Balaban J connectivity index is 1.91. The fourth-order valence-corrected chi connectivity index (χ4v) is 5.31. The molecule has 0 aliphatic heterocycles. The zero-order valence-electron chi connectivity index (χ0n) is 14.7. The second-order valence-corrected chi connectivity index (χ2v) is 8.51. The van der Waals surface area contributed by atoms with Crippen molar-refractivity contribution in [2.24, 2.45) is 0 Å². The van der Waals surface area contributed by atoms with E-state index < -0.39 is 0 Å². The van der Waals surface area contributed by atoms with Crippen LogP contribution in [0.3, 0.4) is 0 Å². The number of halogens is 1. The smallest absolute Gasteiger partial charge is 0.0707 e. The Morgan fingerprint density at radius 2 is 1.35 bits per heavy atom. The lowest BCUT2D eigenvalue weighted by Crippen LogP contribution is -2.30. The third-order valence-corrected chi connectivity index (χ3v) is 6.53. The molecule has 0 radical (unpaired) electrons. The Bertz CT molecular complexity index is 969. The van der Waals surface area contributed by atoms with Gasteiger partial charge in [0.05, 0.1) is 5.41 Å². The van der Waals surface area contributed by atoms with E-state index in [4.69, 9.17) is 0 Å². The van der Waals surface area contributed by atoms with E-state index in [1.165, 1.54) is 37.0 Å². The molecule has 0 N–H and O–H groups in total. The topological polar surface area (TPSA) is 0 Å². The van der Waals surface area contributed by atoms with E-state index in [2.05, 4.69) is 102 Å². The molecule has 0 aromatic heterocycles. The van der Waals surface area contributed by atoms with Gasteiger partial charge >= 0.3 is 0 Å².